The maximum absolute atomic E-state index is 13.1. The predicted octanol–water partition coefficient (Wildman–Crippen LogP) is 6.10. The standard InChI is InChI=1S/C24H32F3N3O/c1-22(2)17-11-13-23(22,3)20(14-17)28-21(31)30-15-18(16-8-5-4-6-9-16)19(29-30)10-7-12-24(25,26)27/h4-6,8-9,17-18,20H,7,10-15H2,1-3H3,(H,28,31)/t17-,18?,20+,23+/m1/s1. The van der Waals surface area contributed by atoms with Gasteiger partial charge in [0, 0.05) is 24.1 Å². The fourth-order valence-electron chi connectivity index (χ4n) is 6.00. The average Bonchev–Trinajstić information content (AvgIpc) is 3.27. The van der Waals surface area contributed by atoms with Crippen LogP contribution in [-0.4, -0.2) is 35.5 Å². The Morgan fingerprint density at radius 1 is 1.23 bits per heavy atom. The van der Waals surface area contributed by atoms with Crippen LogP contribution < -0.4 is 5.32 Å². The van der Waals surface area contributed by atoms with Crippen molar-refractivity contribution in [1.29, 1.82) is 0 Å². The molecule has 2 bridgehead atoms. The number of rotatable bonds is 5. The largest absolute Gasteiger partial charge is 0.389 e. The lowest BCUT2D eigenvalue weighted by Crippen LogP contribution is -2.50. The van der Waals surface area contributed by atoms with Crippen LogP contribution in [0.4, 0.5) is 18.0 Å². The number of fused-ring (bicyclic) bond motifs is 2. The summed E-state index contributed by atoms with van der Waals surface area (Å²) in [6, 6.07) is 9.49. The molecule has 0 radical (unpaired) electrons. The molecule has 2 amide bonds. The SMILES string of the molecule is CC1(C)[C@@H]2CC[C@@]1(C)[C@@H](NC(=O)N1CC(c3ccccc3)C(CCCC(F)(F)F)=N1)C2. The molecule has 3 aliphatic rings. The van der Waals surface area contributed by atoms with Crippen molar-refractivity contribution in [2.24, 2.45) is 21.8 Å². The highest BCUT2D eigenvalue weighted by molar-refractivity contribution is 5.94. The number of benzene rings is 1. The van der Waals surface area contributed by atoms with Crippen molar-refractivity contribution in [2.45, 2.75) is 77.4 Å². The Morgan fingerprint density at radius 2 is 1.94 bits per heavy atom. The topological polar surface area (TPSA) is 44.7 Å². The summed E-state index contributed by atoms with van der Waals surface area (Å²) in [6.07, 6.45) is -1.51. The summed E-state index contributed by atoms with van der Waals surface area (Å²) in [6.45, 7) is 7.24. The van der Waals surface area contributed by atoms with Crippen LogP contribution in [0.5, 0.6) is 0 Å². The van der Waals surface area contributed by atoms with Gasteiger partial charge in [-0.2, -0.15) is 18.3 Å². The van der Waals surface area contributed by atoms with Crippen molar-refractivity contribution in [1.82, 2.24) is 10.3 Å². The van der Waals surface area contributed by atoms with Gasteiger partial charge in [-0.05, 0) is 54.4 Å². The second kappa shape index (κ2) is 7.82. The first-order valence-electron chi connectivity index (χ1n) is 11.3. The van der Waals surface area contributed by atoms with Crippen molar-refractivity contribution in [3.05, 3.63) is 35.9 Å². The number of nitrogens with one attached hydrogen (secondary N) is 1. The van der Waals surface area contributed by atoms with Crippen molar-refractivity contribution < 1.29 is 18.0 Å². The highest BCUT2D eigenvalue weighted by Crippen LogP contribution is 2.65. The van der Waals surface area contributed by atoms with Crippen LogP contribution >= 0.6 is 0 Å². The number of hydrazone groups is 1. The Kier molecular flexibility index (Phi) is 5.59. The van der Waals surface area contributed by atoms with Crippen LogP contribution in [0.2, 0.25) is 0 Å². The maximum atomic E-state index is 13.1. The van der Waals surface area contributed by atoms with E-state index in [-0.39, 0.29) is 41.7 Å². The molecule has 31 heavy (non-hydrogen) atoms. The van der Waals surface area contributed by atoms with Crippen molar-refractivity contribution in [3.63, 3.8) is 0 Å². The zero-order chi connectivity index (χ0) is 22.4. The number of urea groups is 1. The molecular weight excluding hydrogens is 403 g/mol. The highest BCUT2D eigenvalue weighted by Gasteiger charge is 2.61. The summed E-state index contributed by atoms with van der Waals surface area (Å²) in [5.41, 5.74) is 1.89. The lowest BCUT2D eigenvalue weighted by Gasteiger charge is -2.39. The molecule has 1 unspecified atom stereocenters. The molecule has 1 N–H and O–H groups in total. The van der Waals surface area contributed by atoms with Gasteiger partial charge in [0.2, 0.25) is 0 Å². The fourth-order valence-corrected chi connectivity index (χ4v) is 6.00. The van der Waals surface area contributed by atoms with Gasteiger partial charge in [0.05, 0.1) is 6.54 Å². The summed E-state index contributed by atoms with van der Waals surface area (Å²) in [5, 5.41) is 9.15. The molecule has 2 fully saturated rings. The molecular formula is C24H32F3N3O. The summed E-state index contributed by atoms with van der Waals surface area (Å²) in [5.74, 6) is 0.451. The first-order chi connectivity index (χ1) is 14.5. The van der Waals surface area contributed by atoms with Gasteiger partial charge >= 0.3 is 12.2 Å². The Hall–Kier alpha value is -2.05. The van der Waals surface area contributed by atoms with Gasteiger partial charge in [-0.25, -0.2) is 9.80 Å². The van der Waals surface area contributed by atoms with Gasteiger partial charge in [0.15, 0.2) is 0 Å². The summed E-state index contributed by atoms with van der Waals surface area (Å²) in [4.78, 5) is 13.1. The first-order valence-corrected chi connectivity index (χ1v) is 11.3. The molecule has 4 rings (SSSR count). The normalized spacial score (nSPS) is 31.7. The Morgan fingerprint density at radius 3 is 2.52 bits per heavy atom. The van der Waals surface area contributed by atoms with Crippen LogP contribution in [0, 0.1) is 16.7 Å². The minimum Gasteiger partial charge on any atom is -0.333 e. The van der Waals surface area contributed by atoms with Crippen molar-refractivity contribution >= 4 is 11.7 Å². The molecule has 0 saturated heterocycles. The van der Waals surface area contributed by atoms with E-state index in [1.807, 2.05) is 30.3 Å². The minimum atomic E-state index is -4.18. The molecule has 7 heteroatoms. The number of amides is 2. The van der Waals surface area contributed by atoms with E-state index in [1.165, 1.54) is 11.4 Å². The van der Waals surface area contributed by atoms with E-state index in [9.17, 15) is 18.0 Å². The van der Waals surface area contributed by atoms with Crippen LogP contribution in [0.1, 0.15) is 70.8 Å². The zero-order valence-electron chi connectivity index (χ0n) is 18.5. The predicted molar refractivity (Wildman–Crippen MR) is 115 cm³/mol. The third-order valence-corrected chi connectivity index (χ3v) is 8.43. The number of hydrogen-bond acceptors (Lipinski definition) is 2. The van der Waals surface area contributed by atoms with Gasteiger partial charge in [-0.3, -0.25) is 0 Å². The number of hydrogen-bond donors (Lipinski definition) is 1. The molecule has 1 heterocycles. The van der Waals surface area contributed by atoms with E-state index in [1.54, 1.807) is 0 Å². The van der Waals surface area contributed by atoms with Gasteiger partial charge < -0.3 is 5.32 Å². The monoisotopic (exact) mass is 435 g/mol. The van der Waals surface area contributed by atoms with E-state index in [0.717, 1.165) is 18.4 Å². The van der Waals surface area contributed by atoms with Crippen molar-refractivity contribution in [3.8, 4) is 0 Å². The van der Waals surface area contributed by atoms with E-state index >= 15 is 0 Å². The fraction of sp³-hybridized carbons (Fsp3) is 0.667. The second-order valence-electron chi connectivity index (χ2n) is 10.2. The second-order valence-corrected chi connectivity index (χ2v) is 10.2. The van der Waals surface area contributed by atoms with Gasteiger partial charge in [0.1, 0.15) is 0 Å². The van der Waals surface area contributed by atoms with Crippen LogP contribution in [0.3, 0.4) is 0 Å². The number of alkyl halides is 3. The molecule has 4 nitrogen and oxygen atoms in total. The first kappa shape index (κ1) is 22.2. The van der Waals surface area contributed by atoms with E-state index in [2.05, 4.69) is 31.2 Å². The zero-order valence-corrected chi connectivity index (χ0v) is 18.5. The highest BCUT2D eigenvalue weighted by atomic mass is 19.4. The van der Waals surface area contributed by atoms with Gasteiger partial charge in [-0.15, -0.1) is 0 Å². The summed E-state index contributed by atoms with van der Waals surface area (Å²) < 4.78 is 37.9. The molecule has 0 spiro atoms. The smallest absolute Gasteiger partial charge is 0.333 e. The Balaban J connectivity index is 1.47. The Labute approximate surface area is 182 Å². The van der Waals surface area contributed by atoms with Crippen LogP contribution in [-0.2, 0) is 0 Å². The summed E-state index contributed by atoms with van der Waals surface area (Å²) >= 11 is 0. The average molecular weight is 436 g/mol. The molecule has 0 aromatic heterocycles. The van der Waals surface area contributed by atoms with Crippen LogP contribution in [0.25, 0.3) is 0 Å². The van der Waals surface area contributed by atoms with Gasteiger partial charge in [-0.1, -0.05) is 51.1 Å². The Bertz CT molecular complexity index is 851. The quantitative estimate of drug-likeness (QED) is 0.597. The number of carbonyl (C=O) groups excluding carboxylic acids is 1. The molecule has 170 valence electrons. The number of nitrogens with zero attached hydrogens (tertiary/aromatic N) is 2. The van der Waals surface area contributed by atoms with Crippen LogP contribution in [0.15, 0.2) is 35.4 Å². The van der Waals surface area contributed by atoms with Crippen molar-refractivity contribution in [2.75, 3.05) is 6.54 Å². The lowest BCUT2D eigenvalue weighted by atomic mass is 9.69. The minimum absolute atomic E-state index is 0.0162. The van der Waals surface area contributed by atoms with E-state index < -0.39 is 12.6 Å². The maximum Gasteiger partial charge on any atom is 0.389 e. The van der Waals surface area contributed by atoms with E-state index in [0.29, 0.717) is 18.2 Å². The summed E-state index contributed by atoms with van der Waals surface area (Å²) in [7, 11) is 0. The molecule has 2 saturated carbocycles. The third-order valence-electron chi connectivity index (χ3n) is 8.43. The molecule has 1 aliphatic heterocycles. The van der Waals surface area contributed by atoms with Gasteiger partial charge in [0.25, 0.3) is 0 Å². The third kappa shape index (κ3) is 4.08. The number of carbonyl (C=O) groups is 1. The van der Waals surface area contributed by atoms with E-state index in [4.69, 9.17) is 0 Å². The number of halogens is 3. The lowest BCUT2D eigenvalue weighted by molar-refractivity contribution is -0.135. The molecule has 1 aromatic carbocycles. The molecule has 2 aliphatic carbocycles. The molecule has 1 aromatic rings. The molecule has 4 atom stereocenters.